The van der Waals surface area contributed by atoms with Crippen molar-refractivity contribution < 1.29 is 0 Å². The number of aryl methyl sites for hydroxylation is 3. The van der Waals surface area contributed by atoms with Gasteiger partial charge in [-0.1, -0.05) is 83.1 Å². The van der Waals surface area contributed by atoms with Gasteiger partial charge in [0.1, 0.15) is 0 Å². The number of benzene rings is 1. The van der Waals surface area contributed by atoms with Gasteiger partial charge in [-0.25, -0.2) is 0 Å². The molecule has 0 nitrogen and oxygen atoms in total. The molecule has 0 spiro atoms. The summed E-state index contributed by atoms with van der Waals surface area (Å²) in [6, 6.07) is 6.75. The molecule has 0 heterocycles. The fraction of sp³-hybridized carbons (Fsp3) is 0.684. The first kappa shape index (κ1) is 18.2. The van der Waals surface area contributed by atoms with E-state index in [0.717, 1.165) is 0 Å². The lowest BCUT2D eigenvalue weighted by Gasteiger charge is -2.06. The summed E-state index contributed by atoms with van der Waals surface area (Å²) in [5.74, 6) is 0. The fourth-order valence-corrected chi connectivity index (χ4v) is 2.14. The molecule has 1 aromatic rings. The molecule has 1 rings (SSSR count). The number of hydrogen-bond donors (Lipinski definition) is 0. The molecule has 0 amide bonds. The van der Waals surface area contributed by atoms with Crippen LogP contribution in [0.1, 0.15) is 82.4 Å². The normalized spacial score (nSPS) is 9.95. The van der Waals surface area contributed by atoms with Crippen LogP contribution in [0.5, 0.6) is 0 Å². The monoisotopic (exact) mass is 262 g/mol. The van der Waals surface area contributed by atoms with E-state index in [1.165, 1.54) is 68.1 Å². The molecule has 0 aliphatic carbocycles. The van der Waals surface area contributed by atoms with Gasteiger partial charge < -0.3 is 0 Å². The third-order valence-electron chi connectivity index (χ3n) is 3.51. The standard InChI is InChI=1S/C13H20.C6H14/c1-4-5-6-7-13-10-11(2)8-9-12(13)3;1-3-5-6-4-2/h8-10H,4-7H2,1-3H3;3-6H2,1-2H3. The Morgan fingerprint density at radius 3 is 1.79 bits per heavy atom. The number of hydrogen-bond acceptors (Lipinski definition) is 0. The molecule has 0 heteroatoms. The molecule has 0 aromatic heterocycles. The van der Waals surface area contributed by atoms with E-state index in [9.17, 15) is 0 Å². The minimum absolute atomic E-state index is 1.25. The Labute approximate surface area is 121 Å². The Morgan fingerprint density at radius 1 is 0.737 bits per heavy atom. The van der Waals surface area contributed by atoms with Crippen LogP contribution in [0, 0.1) is 13.8 Å². The van der Waals surface area contributed by atoms with Gasteiger partial charge in [0.15, 0.2) is 0 Å². The molecule has 0 saturated carbocycles. The highest BCUT2D eigenvalue weighted by molar-refractivity contribution is 5.30. The smallest absolute Gasteiger partial charge is 0.0276 e. The molecule has 0 unspecified atom stereocenters. The Balaban J connectivity index is 0.000000459. The van der Waals surface area contributed by atoms with Crippen LogP contribution in [0.25, 0.3) is 0 Å². The molecular formula is C19H34. The van der Waals surface area contributed by atoms with E-state index < -0.39 is 0 Å². The van der Waals surface area contributed by atoms with Gasteiger partial charge in [0.25, 0.3) is 0 Å². The summed E-state index contributed by atoms with van der Waals surface area (Å²) >= 11 is 0. The van der Waals surface area contributed by atoms with Crippen molar-refractivity contribution in [1.29, 1.82) is 0 Å². The van der Waals surface area contributed by atoms with E-state index in [4.69, 9.17) is 0 Å². The molecule has 0 aliphatic heterocycles. The molecule has 110 valence electrons. The first-order valence-electron chi connectivity index (χ1n) is 8.21. The Hall–Kier alpha value is -0.780. The Morgan fingerprint density at radius 2 is 1.26 bits per heavy atom. The van der Waals surface area contributed by atoms with Crippen LogP contribution in [0.2, 0.25) is 0 Å². The van der Waals surface area contributed by atoms with E-state index >= 15 is 0 Å². The van der Waals surface area contributed by atoms with Crippen LogP contribution in [0.15, 0.2) is 18.2 Å². The Bertz CT molecular complexity index is 308. The van der Waals surface area contributed by atoms with Crippen molar-refractivity contribution in [1.82, 2.24) is 0 Å². The minimum Gasteiger partial charge on any atom is -0.0654 e. The SMILES string of the molecule is CCCCCC.CCCCCc1cc(C)ccc1C. The quantitative estimate of drug-likeness (QED) is 0.484. The first-order valence-corrected chi connectivity index (χ1v) is 8.21. The van der Waals surface area contributed by atoms with Gasteiger partial charge >= 0.3 is 0 Å². The van der Waals surface area contributed by atoms with Crippen LogP contribution in [0.3, 0.4) is 0 Å². The zero-order valence-corrected chi connectivity index (χ0v) is 13.9. The predicted molar refractivity (Wildman–Crippen MR) is 89.0 cm³/mol. The van der Waals surface area contributed by atoms with E-state index in [1.807, 2.05) is 0 Å². The lowest BCUT2D eigenvalue weighted by Crippen LogP contribution is -1.90. The summed E-state index contributed by atoms with van der Waals surface area (Å²) in [6.45, 7) is 11.1. The van der Waals surface area contributed by atoms with E-state index in [2.05, 4.69) is 52.8 Å². The van der Waals surface area contributed by atoms with Crippen molar-refractivity contribution in [2.75, 3.05) is 0 Å². The lowest BCUT2D eigenvalue weighted by molar-refractivity contribution is 0.702. The van der Waals surface area contributed by atoms with Crippen LogP contribution >= 0.6 is 0 Å². The van der Waals surface area contributed by atoms with Crippen LogP contribution < -0.4 is 0 Å². The maximum Gasteiger partial charge on any atom is -0.0276 e. The second-order valence-electron chi connectivity index (χ2n) is 5.59. The van der Waals surface area contributed by atoms with Gasteiger partial charge in [0, 0.05) is 0 Å². The van der Waals surface area contributed by atoms with E-state index in [-0.39, 0.29) is 0 Å². The van der Waals surface area contributed by atoms with Crippen LogP contribution in [-0.2, 0) is 6.42 Å². The maximum absolute atomic E-state index is 2.32. The van der Waals surface area contributed by atoms with Crippen molar-refractivity contribution in [3.8, 4) is 0 Å². The molecule has 0 radical (unpaired) electrons. The van der Waals surface area contributed by atoms with Crippen molar-refractivity contribution >= 4 is 0 Å². The molecule has 0 fully saturated rings. The number of rotatable bonds is 7. The lowest BCUT2D eigenvalue weighted by atomic mass is 10.0. The van der Waals surface area contributed by atoms with E-state index in [1.54, 1.807) is 0 Å². The summed E-state index contributed by atoms with van der Waals surface area (Å²) in [4.78, 5) is 0. The van der Waals surface area contributed by atoms with Gasteiger partial charge in [-0.05, 0) is 37.8 Å². The van der Waals surface area contributed by atoms with Gasteiger partial charge in [0.2, 0.25) is 0 Å². The van der Waals surface area contributed by atoms with E-state index in [0.29, 0.717) is 0 Å². The molecule has 1 aromatic carbocycles. The molecule has 0 aliphatic rings. The molecule has 0 atom stereocenters. The molecule has 0 bridgehead atoms. The van der Waals surface area contributed by atoms with Crippen LogP contribution in [0.4, 0.5) is 0 Å². The molecule has 0 saturated heterocycles. The third-order valence-corrected chi connectivity index (χ3v) is 3.51. The predicted octanol–water partition coefficient (Wildman–Crippen LogP) is 6.62. The highest BCUT2D eigenvalue weighted by Crippen LogP contribution is 2.13. The average Bonchev–Trinajstić information content (AvgIpc) is 2.41. The fourth-order valence-electron chi connectivity index (χ4n) is 2.14. The summed E-state index contributed by atoms with van der Waals surface area (Å²) in [7, 11) is 0. The minimum atomic E-state index is 1.25. The van der Waals surface area contributed by atoms with Crippen molar-refractivity contribution in [3.63, 3.8) is 0 Å². The van der Waals surface area contributed by atoms with Gasteiger partial charge in [-0.2, -0.15) is 0 Å². The highest BCUT2D eigenvalue weighted by Gasteiger charge is 1.97. The van der Waals surface area contributed by atoms with Crippen molar-refractivity contribution in [2.24, 2.45) is 0 Å². The zero-order valence-electron chi connectivity index (χ0n) is 13.9. The summed E-state index contributed by atoms with van der Waals surface area (Å²) < 4.78 is 0. The van der Waals surface area contributed by atoms with Crippen molar-refractivity contribution in [2.45, 2.75) is 86.0 Å². The zero-order chi connectivity index (χ0) is 14.5. The summed E-state index contributed by atoms with van der Waals surface area (Å²) in [5.41, 5.74) is 4.37. The summed E-state index contributed by atoms with van der Waals surface area (Å²) in [6.07, 6.45) is 10.8. The van der Waals surface area contributed by atoms with Gasteiger partial charge in [0.05, 0.1) is 0 Å². The third kappa shape index (κ3) is 9.76. The second kappa shape index (κ2) is 12.3. The highest BCUT2D eigenvalue weighted by atomic mass is 14.0. The van der Waals surface area contributed by atoms with Crippen molar-refractivity contribution in [3.05, 3.63) is 34.9 Å². The molecule has 19 heavy (non-hydrogen) atoms. The second-order valence-corrected chi connectivity index (χ2v) is 5.59. The largest absolute Gasteiger partial charge is 0.0654 e. The molecule has 0 N–H and O–H groups in total. The maximum atomic E-state index is 2.32. The Kier molecular flexibility index (Phi) is 11.8. The first-order chi connectivity index (χ1) is 9.15. The van der Waals surface area contributed by atoms with Gasteiger partial charge in [-0.15, -0.1) is 0 Å². The molecular weight excluding hydrogens is 228 g/mol. The average molecular weight is 262 g/mol. The topological polar surface area (TPSA) is 0 Å². The number of unbranched alkanes of at least 4 members (excludes halogenated alkanes) is 5. The van der Waals surface area contributed by atoms with Crippen LogP contribution in [-0.4, -0.2) is 0 Å². The van der Waals surface area contributed by atoms with Gasteiger partial charge in [-0.3, -0.25) is 0 Å². The summed E-state index contributed by atoms with van der Waals surface area (Å²) in [5, 5.41) is 0.